The molecule has 26 nitrogen and oxygen atoms in total. The molecule has 0 unspecified atom stereocenters. The van der Waals surface area contributed by atoms with Gasteiger partial charge < -0.3 is 41.5 Å². The Labute approximate surface area is 687 Å². The molecule has 10 heterocycles. The third-order valence-corrected chi connectivity index (χ3v) is 24.2. The van der Waals surface area contributed by atoms with Crippen molar-refractivity contribution in [1.82, 2.24) is 88.6 Å². The number of benzene rings is 6. The predicted octanol–water partition coefficient (Wildman–Crippen LogP) is 15.8. The molecule has 6 aliphatic carbocycles. The molecule has 4 fully saturated rings. The van der Waals surface area contributed by atoms with Gasteiger partial charge in [0.25, 0.3) is 0 Å². The molecule has 1 saturated heterocycles. The van der Waals surface area contributed by atoms with Crippen molar-refractivity contribution >= 4 is 115 Å². The largest absolute Gasteiger partial charge is 0.498 e. The number of ketones is 3. The summed E-state index contributed by atoms with van der Waals surface area (Å²) < 4.78 is 23.4. The zero-order chi connectivity index (χ0) is 81.2. The molecule has 9 aromatic heterocycles. The molecule has 0 radical (unpaired) electrons. The lowest BCUT2D eigenvalue weighted by atomic mass is 9.82. The fourth-order valence-electron chi connectivity index (χ4n) is 15.7. The quantitative estimate of drug-likeness (QED) is 0.0343. The first kappa shape index (κ1) is 75.1. The van der Waals surface area contributed by atoms with Gasteiger partial charge in [-0.3, -0.25) is 28.4 Å². The number of aromatic amines is 3. The number of hydrogen-bond donors (Lipinski definition) is 6. The second-order valence-electron chi connectivity index (χ2n) is 32.4. The second kappa shape index (κ2) is 29.7. The molecule has 28 heteroatoms. The van der Waals surface area contributed by atoms with Gasteiger partial charge in [-0.15, -0.1) is 0 Å². The normalized spacial score (nSPS) is 16.1. The van der Waals surface area contributed by atoms with Gasteiger partial charge >= 0.3 is 7.12 Å². The van der Waals surface area contributed by atoms with Gasteiger partial charge in [0, 0.05) is 119 Å². The van der Waals surface area contributed by atoms with E-state index < -0.39 is 0 Å². The van der Waals surface area contributed by atoms with Crippen LogP contribution in [0.25, 0.3) is 90.6 Å². The van der Waals surface area contributed by atoms with Crippen LogP contribution in [0.4, 0.5) is 17.5 Å². The molecular formula is C90H87BBrN21O5. The Kier molecular flexibility index (Phi) is 18.9. The average Bonchev–Trinajstić information content (AvgIpc) is 1.61. The van der Waals surface area contributed by atoms with Crippen molar-refractivity contribution in [3.05, 3.63) is 254 Å². The Bertz CT molecular complexity index is 6380. The maximum Gasteiger partial charge on any atom is 0.498 e. The molecule has 7 aliphatic rings. The van der Waals surface area contributed by atoms with Crippen LogP contribution in [-0.4, -0.2) is 124 Å². The first-order valence-corrected chi connectivity index (χ1v) is 41.1. The van der Waals surface area contributed by atoms with E-state index in [1.807, 2.05) is 136 Å². The van der Waals surface area contributed by atoms with E-state index in [-0.39, 0.29) is 35.7 Å². The van der Waals surface area contributed by atoms with Crippen molar-refractivity contribution in [3.8, 4) is 39.3 Å². The number of nitrogens with zero attached hydrogens (tertiary/aromatic N) is 15. The molecule has 0 spiro atoms. The second-order valence-corrected chi connectivity index (χ2v) is 33.4. The number of anilines is 3. The van der Waals surface area contributed by atoms with Crippen molar-refractivity contribution < 1.29 is 23.7 Å². The molecule has 9 N–H and O–H groups in total. The number of H-pyrrole nitrogens is 3. The van der Waals surface area contributed by atoms with E-state index in [4.69, 9.17) is 26.5 Å². The highest BCUT2D eigenvalue weighted by Gasteiger charge is 2.52. The van der Waals surface area contributed by atoms with Crippen LogP contribution in [0.2, 0.25) is 0 Å². The highest BCUT2D eigenvalue weighted by Crippen LogP contribution is 2.44. The Hall–Kier alpha value is -12.9. The minimum atomic E-state index is -0.301. The molecule has 0 atom stereocenters. The minimum absolute atomic E-state index is 0.0790. The predicted molar refractivity (Wildman–Crippen MR) is 461 cm³/mol. The van der Waals surface area contributed by atoms with Crippen LogP contribution < -0.4 is 22.7 Å². The maximum absolute atomic E-state index is 13.4. The van der Waals surface area contributed by atoms with E-state index >= 15 is 0 Å². The summed E-state index contributed by atoms with van der Waals surface area (Å²) >= 11 is 3.49. The van der Waals surface area contributed by atoms with Crippen LogP contribution in [0.3, 0.4) is 0 Å². The number of hydrogen-bond acceptors (Lipinski definition) is 17. The highest BCUT2D eigenvalue weighted by atomic mass is 79.9. The van der Waals surface area contributed by atoms with E-state index in [0.29, 0.717) is 71.2 Å². The topological polar surface area (TPSA) is 341 Å². The standard InChI is InChI=1S/2C28H25N7O.C23H18BrN5O.C11H19BN2O2/c2*1-2-34-15-21(13-30-34)18-6-5-17-10-20(11-19(17)9-18)26(36)23-14-31-35(27(23)29)22-7-8-24-25(12-22)33-28(32-24)16-3-4-16;24-16-4-3-13-7-15(8-14(13)9-16)21(30)18-11-26-29(22(18)25)17-5-6-19-20(10-17)28-23(27-19)12-1-2-12;1-6-14-8-9(7-13-14)12-15-10(2,3)11(4,5)16-12/h2*5-10,12-16H,2-4,11,29H2,1H3,(H,32,33);3-7,9-12H,1-2,8,25H2,(H,27,28);7-8H,6H2,1-5H3. The number of Topliss-reactive ketones (excluding diaryl/α,β-unsaturated/α-hetero) is 3. The van der Waals surface area contributed by atoms with E-state index in [1.165, 1.54) is 38.5 Å². The first-order valence-electron chi connectivity index (χ1n) is 40.3. The van der Waals surface area contributed by atoms with Crippen molar-refractivity contribution in [1.29, 1.82) is 0 Å². The monoisotopic (exact) mass is 1630 g/mol. The molecule has 6 aromatic carbocycles. The number of nitrogen functional groups attached to an aromatic ring is 3. The van der Waals surface area contributed by atoms with Gasteiger partial charge in [-0.2, -0.15) is 30.6 Å². The van der Waals surface area contributed by atoms with Crippen LogP contribution in [0.1, 0.15) is 187 Å². The van der Waals surface area contributed by atoms with Crippen molar-refractivity contribution in [2.75, 3.05) is 17.2 Å². The van der Waals surface area contributed by atoms with Crippen LogP contribution in [0.15, 0.2) is 186 Å². The fraction of sp³-hybridized carbons (Fsp3) is 0.267. The highest BCUT2D eigenvalue weighted by molar-refractivity contribution is 9.10. The minimum Gasteiger partial charge on any atom is -0.399 e. The number of halogens is 1. The van der Waals surface area contributed by atoms with Crippen molar-refractivity contribution in [2.24, 2.45) is 0 Å². The summed E-state index contributed by atoms with van der Waals surface area (Å²) in [5.74, 6) is 5.56. The molecule has 22 rings (SSSR count). The number of nitrogens with two attached hydrogens (primary N) is 3. The number of aryl methyl sites for hydroxylation is 3. The van der Waals surface area contributed by atoms with Crippen LogP contribution in [0, 0.1) is 0 Å². The molecule has 592 valence electrons. The fourth-order valence-corrected chi connectivity index (χ4v) is 16.1. The number of imidazole rings is 3. The number of carbonyl (C=O) groups excluding carboxylic acids is 3. The third kappa shape index (κ3) is 14.4. The lowest BCUT2D eigenvalue weighted by Crippen LogP contribution is -2.41. The van der Waals surface area contributed by atoms with E-state index in [1.54, 1.807) is 32.6 Å². The number of carbonyl (C=O) groups is 3. The van der Waals surface area contributed by atoms with Crippen molar-refractivity contribution in [3.63, 3.8) is 0 Å². The van der Waals surface area contributed by atoms with E-state index in [2.05, 4.69) is 167 Å². The van der Waals surface area contributed by atoms with Gasteiger partial charge in [0.1, 0.15) is 34.9 Å². The van der Waals surface area contributed by atoms with Gasteiger partial charge in [0.05, 0.1) is 109 Å². The Morgan fingerprint density at radius 2 is 0.780 bits per heavy atom. The summed E-state index contributed by atoms with van der Waals surface area (Å²) in [6.45, 7) is 16.9. The van der Waals surface area contributed by atoms with Gasteiger partial charge in [-0.1, -0.05) is 58.4 Å². The summed E-state index contributed by atoms with van der Waals surface area (Å²) in [7, 11) is -0.301. The summed E-state index contributed by atoms with van der Waals surface area (Å²) in [4.78, 5) is 64.3. The number of nitrogens with one attached hydrogen (secondary N) is 3. The summed E-state index contributed by atoms with van der Waals surface area (Å²) in [5, 5.41) is 26.3. The Morgan fingerprint density at radius 3 is 1.13 bits per heavy atom. The molecule has 1 aliphatic heterocycles. The molecule has 118 heavy (non-hydrogen) atoms. The van der Waals surface area contributed by atoms with Gasteiger partial charge in [0.15, 0.2) is 17.3 Å². The number of fused-ring (bicyclic) bond motifs is 6. The lowest BCUT2D eigenvalue weighted by Gasteiger charge is -2.32. The average molecular weight is 1630 g/mol. The first-order chi connectivity index (χ1) is 57.1. The van der Waals surface area contributed by atoms with E-state index in [0.717, 1.165) is 170 Å². The lowest BCUT2D eigenvalue weighted by molar-refractivity contribution is 0.00578. The maximum atomic E-state index is 13.4. The molecule has 15 aromatic rings. The Morgan fingerprint density at radius 1 is 0.432 bits per heavy atom. The van der Waals surface area contributed by atoms with E-state index in [9.17, 15) is 14.4 Å². The molecule has 0 amide bonds. The molecule has 0 bridgehead atoms. The van der Waals surface area contributed by atoms with Crippen LogP contribution in [0.5, 0.6) is 0 Å². The zero-order valence-electron chi connectivity index (χ0n) is 66.5. The third-order valence-electron chi connectivity index (χ3n) is 23.7. The van der Waals surface area contributed by atoms with Crippen LogP contribution in [-0.2, 0) is 48.2 Å². The smallest absolute Gasteiger partial charge is 0.399 e. The molecule has 3 saturated carbocycles. The Balaban J connectivity index is 0.000000108. The molecular weight excluding hydrogens is 1550 g/mol. The summed E-state index contributed by atoms with van der Waals surface area (Å²) in [5.41, 5.74) is 42.1. The number of rotatable bonds is 18. The zero-order valence-corrected chi connectivity index (χ0v) is 68.1. The summed E-state index contributed by atoms with van der Waals surface area (Å²) in [6.07, 6.45) is 31.1. The van der Waals surface area contributed by atoms with Gasteiger partial charge in [-0.05, 0) is 216 Å². The van der Waals surface area contributed by atoms with Gasteiger partial charge in [0.2, 0.25) is 0 Å². The number of allylic oxidation sites excluding steroid dienone is 3. The number of aromatic nitrogens is 18. The van der Waals surface area contributed by atoms with Gasteiger partial charge in [-0.25, -0.2) is 29.0 Å². The summed E-state index contributed by atoms with van der Waals surface area (Å²) in [6, 6.07) is 36.3. The SMILES string of the molecule is CCn1cc(-c2ccc3c(c2)CC(C(=O)c2cnn(-c4ccc5nc(C6CC6)[nH]c5c4)c2N)=C3)cn1.CCn1cc(-c2ccc3c(c2)CC(C(=O)c2cnn(-c4ccc5nc(C6CC6)[nH]c5c4)c2N)=C3)cn1.CCn1cc(B2OC(C)(C)C(C)(C)O2)cn1.Nc1c(C(=O)C2=Cc3ccc(Br)cc3C2)cnn1-c1ccc2nc(C3CC3)[nH]c2c1. The van der Waals surface area contributed by atoms with Crippen LogP contribution >= 0.6 is 15.9 Å². The van der Waals surface area contributed by atoms with Crippen molar-refractivity contribution in [2.45, 2.75) is 155 Å².